The highest BCUT2D eigenvalue weighted by atomic mass is 32.1. The predicted molar refractivity (Wildman–Crippen MR) is 161 cm³/mol. The number of unbranched alkanes of at least 4 members (excludes halogenated alkanes) is 2. The number of aliphatic hydroxyl groups is 1. The van der Waals surface area contributed by atoms with Crippen molar-refractivity contribution in [2.24, 2.45) is 0 Å². The molecule has 43 heavy (non-hydrogen) atoms. The Labute approximate surface area is 252 Å². The van der Waals surface area contributed by atoms with E-state index in [2.05, 4.69) is 11.9 Å². The van der Waals surface area contributed by atoms with Gasteiger partial charge in [-0.2, -0.15) is 0 Å². The van der Waals surface area contributed by atoms with Gasteiger partial charge in [0.15, 0.2) is 28.1 Å². The van der Waals surface area contributed by atoms with Gasteiger partial charge in [-0.05, 0) is 50.1 Å². The van der Waals surface area contributed by atoms with E-state index in [0.717, 1.165) is 30.6 Å². The minimum Gasteiger partial charge on any atom is -0.503 e. The molecule has 1 aliphatic rings. The van der Waals surface area contributed by atoms with Gasteiger partial charge in [-0.1, -0.05) is 55.4 Å². The van der Waals surface area contributed by atoms with Crippen LogP contribution in [-0.4, -0.2) is 48.1 Å². The van der Waals surface area contributed by atoms with E-state index in [9.17, 15) is 19.5 Å². The zero-order chi connectivity index (χ0) is 30.7. The summed E-state index contributed by atoms with van der Waals surface area (Å²) >= 11 is 0.942. The van der Waals surface area contributed by atoms with Crippen molar-refractivity contribution in [2.45, 2.75) is 46.1 Å². The molecule has 1 unspecified atom stereocenters. The number of nitrogens with zero attached hydrogens (tertiary/aromatic N) is 2. The number of anilines is 1. The number of ketones is 1. The number of Topliss-reactive ketones (excluding diaryl/α,β-unsaturated/α-hetero) is 1. The molecular weight excluding hydrogens is 572 g/mol. The maximum absolute atomic E-state index is 14.0. The number of carbonyl (C=O) groups excluding carboxylic acids is 3. The van der Waals surface area contributed by atoms with Crippen molar-refractivity contribution >= 4 is 45.1 Å². The van der Waals surface area contributed by atoms with E-state index in [1.807, 2.05) is 6.07 Å². The maximum Gasteiger partial charge on any atom is 0.350 e. The largest absolute Gasteiger partial charge is 0.503 e. The third-order valence-corrected chi connectivity index (χ3v) is 8.20. The zero-order valence-corrected chi connectivity index (χ0v) is 25.2. The number of methoxy groups -OCH3 is 1. The van der Waals surface area contributed by atoms with Gasteiger partial charge >= 0.3 is 5.97 Å². The smallest absolute Gasteiger partial charge is 0.350 e. The Morgan fingerprint density at radius 2 is 1.88 bits per heavy atom. The zero-order valence-electron chi connectivity index (χ0n) is 24.3. The molecule has 0 saturated heterocycles. The molecule has 2 aromatic heterocycles. The number of aromatic nitrogens is 1. The van der Waals surface area contributed by atoms with Crippen LogP contribution in [0.2, 0.25) is 0 Å². The molecule has 11 heteroatoms. The highest BCUT2D eigenvalue weighted by Crippen LogP contribution is 2.45. The van der Waals surface area contributed by atoms with Crippen LogP contribution in [0.4, 0.5) is 5.13 Å². The summed E-state index contributed by atoms with van der Waals surface area (Å²) in [5.74, 6) is -1.95. The molecule has 2 aromatic carbocycles. The lowest BCUT2D eigenvalue weighted by molar-refractivity contribution is -0.117. The van der Waals surface area contributed by atoms with Gasteiger partial charge in [0.1, 0.15) is 10.5 Å². The van der Waals surface area contributed by atoms with Crippen LogP contribution in [0.1, 0.15) is 70.6 Å². The normalized spacial score (nSPS) is 14.9. The summed E-state index contributed by atoms with van der Waals surface area (Å²) in [5, 5.41) is 12.0. The number of esters is 1. The topological polar surface area (TPSA) is 128 Å². The van der Waals surface area contributed by atoms with E-state index in [-0.39, 0.29) is 27.9 Å². The third-order valence-electron chi connectivity index (χ3n) is 7.06. The molecule has 0 spiro atoms. The number of aryl methyl sites for hydroxylation is 1. The van der Waals surface area contributed by atoms with Crippen LogP contribution in [0.15, 0.2) is 64.3 Å². The number of aliphatic hydroxyl groups excluding tert-OH is 1. The van der Waals surface area contributed by atoms with Crippen LogP contribution in [0.25, 0.3) is 11.0 Å². The van der Waals surface area contributed by atoms with E-state index in [0.29, 0.717) is 40.3 Å². The molecule has 224 valence electrons. The highest BCUT2D eigenvalue weighted by molar-refractivity contribution is 7.17. The minimum absolute atomic E-state index is 0.0345. The Morgan fingerprint density at radius 1 is 1.09 bits per heavy atom. The van der Waals surface area contributed by atoms with Crippen LogP contribution < -0.4 is 14.4 Å². The number of para-hydroxylation sites is 1. The molecule has 1 aliphatic heterocycles. The summed E-state index contributed by atoms with van der Waals surface area (Å²) in [7, 11) is 1.50. The van der Waals surface area contributed by atoms with Gasteiger partial charge in [-0.15, -0.1) is 0 Å². The predicted octanol–water partition coefficient (Wildman–Crippen LogP) is 6.73. The molecule has 0 bridgehead atoms. The van der Waals surface area contributed by atoms with Crippen LogP contribution in [0.5, 0.6) is 11.5 Å². The fourth-order valence-electron chi connectivity index (χ4n) is 4.96. The van der Waals surface area contributed by atoms with E-state index < -0.39 is 29.5 Å². The van der Waals surface area contributed by atoms with Gasteiger partial charge < -0.3 is 23.7 Å². The van der Waals surface area contributed by atoms with Crippen molar-refractivity contribution in [2.75, 3.05) is 25.2 Å². The Morgan fingerprint density at radius 3 is 2.60 bits per heavy atom. The van der Waals surface area contributed by atoms with Crippen LogP contribution >= 0.6 is 11.3 Å². The Bertz CT molecular complexity index is 1690. The van der Waals surface area contributed by atoms with Crippen LogP contribution in [-0.2, 0) is 9.53 Å². The summed E-state index contributed by atoms with van der Waals surface area (Å²) in [6.45, 7) is 6.10. The molecule has 10 nitrogen and oxygen atoms in total. The third kappa shape index (κ3) is 5.72. The van der Waals surface area contributed by atoms with Gasteiger partial charge in [-0.25, -0.2) is 9.78 Å². The lowest BCUT2D eigenvalue weighted by Crippen LogP contribution is -2.31. The van der Waals surface area contributed by atoms with Crippen molar-refractivity contribution < 1.29 is 38.1 Å². The standard InChI is InChI=1S/C32H32N2O8S/c1-5-7-10-15-41-22-14-13-20(17-23(22)39-4)26-25(27(35)24-16-19-11-8-9-12-21(19)42-24)28(36)30(37)34(26)32-33-18(3)29(43-32)31(38)40-6-2/h8-9,11-14,16-17,26,36H,5-7,10,15H2,1-4H3. The number of amides is 1. The molecule has 0 radical (unpaired) electrons. The average Bonchev–Trinajstić information content (AvgIpc) is 3.69. The molecule has 1 N–H and O–H groups in total. The molecule has 3 heterocycles. The van der Waals surface area contributed by atoms with Crippen LogP contribution in [0, 0.1) is 6.92 Å². The summed E-state index contributed by atoms with van der Waals surface area (Å²) in [4.78, 5) is 46.1. The lowest BCUT2D eigenvalue weighted by atomic mass is 9.95. The number of thiazole rings is 1. The molecule has 1 atom stereocenters. The first kappa shape index (κ1) is 29.8. The molecule has 1 amide bonds. The molecular formula is C32H32N2O8S. The van der Waals surface area contributed by atoms with Crippen molar-refractivity contribution in [1.29, 1.82) is 0 Å². The average molecular weight is 605 g/mol. The van der Waals surface area contributed by atoms with E-state index in [1.165, 1.54) is 12.0 Å². The summed E-state index contributed by atoms with van der Waals surface area (Å²) < 4.78 is 22.5. The number of furan rings is 1. The van der Waals surface area contributed by atoms with Crippen molar-refractivity contribution in [3.8, 4) is 11.5 Å². The first-order valence-corrected chi connectivity index (χ1v) is 14.9. The van der Waals surface area contributed by atoms with Crippen molar-refractivity contribution in [3.63, 3.8) is 0 Å². The van der Waals surface area contributed by atoms with Gasteiger partial charge in [0.2, 0.25) is 5.78 Å². The van der Waals surface area contributed by atoms with E-state index >= 15 is 0 Å². The number of hydrogen-bond acceptors (Lipinski definition) is 10. The number of hydrogen-bond donors (Lipinski definition) is 1. The van der Waals surface area contributed by atoms with Gasteiger partial charge in [0.25, 0.3) is 5.91 Å². The monoisotopic (exact) mass is 604 g/mol. The molecule has 5 rings (SSSR count). The quantitative estimate of drug-likeness (QED) is 0.106. The second-order valence-corrected chi connectivity index (χ2v) is 10.9. The van der Waals surface area contributed by atoms with Crippen molar-refractivity contribution in [1.82, 2.24) is 4.98 Å². The summed E-state index contributed by atoms with van der Waals surface area (Å²) in [5.41, 5.74) is 1.12. The molecule has 0 fully saturated rings. The number of benzene rings is 2. The fourth-order valence-corrected chi connectivity index (χ4v) is 5.94. The molecule has 0 aliphatic carbocycles. The SMILES string of the molecule is CCCCCOc1ccc(C2C(C(=O)c3cc4ccccc4o3)=C(O)C(=O)N2c2nc(C)c(C(=O)OCC)s2)cc1OC. The Balaban J connectivity index is 1.61. The van der Waals surface area contributed by atoms with Gasteiger partial charge in [0, 0.05) is 5.39 Å². The number of ether oxygens (including phenoxy) is 3. The van der Waals surface area contributed by atoms with Gasteiger partial charge in [0.05, 0.1) is 37.6 Å². The van der Waals surface area contributed by atoms with Crippen molar-refractivity contribution in [3.05, 3.63) is 81.8 Å². The van der Waals surface area contributed by atoms with E-state index in [4.69, 9.17) is 18.6 Å². The number of rotatable bonds is 12. The lowest BCUT2D eigenvalue weighted by Gasteiger charge is -2.25. The van der Waals surface area contributed by atoms with Crippen LogP contribution in [0.3, 0.4) is 0 Å². The second kappa shape index (κ2) is 12.7. The highest BCUT2D eigenvalue weighted by Gasteiger charge is 2.47. The first-order chi connectivity index (χ1) is 20.8. The fraction of sp³-hybridized carbons (Fsp3) is 0.312. The minimum atomic E-state index is -1.11. The summed E-state index contributed by atoms with van der Waals surface area (Å²) in [6.07, 6.45) is 2.96. The molecule has 4 aromatic rings. The Hall–Kier alpha value is -4.64. The maximum atomic E-state index is 14.0. The molecule has 0 saturated carbocycles. The van der Waals surface area contributed by atoms with Gasteiger partial charge in [-0.3, -0.25) is 14.5 Å². The van der Waals surface area contributed by atoms with E-state index in [1.54, 1.807) is 56.3 Å². The number of carbonyl (C=O) groups is 3. The first-order valence-electron chi connectivity index (χ1n) is 14.0. The Kier molecular flexibility index (Phi) is 8.81. The second-order valence-electron chi connectivity index (χ2n) is 9.91. The number of fused-ring (bicyclic) bond motifs is 1. The summed E-state index contributed by atoms with van der Waals surface area (Å²) in [6, 6.07) is 12.7.